The van der Waals surface area contributed by atoms with E-state index in [0.29, 0.717) is 22.1 Å². The number of benzene rings is 2. The van der Waals surface area contributed by atoms with E-state index in [1.54, 1.807) is 18.4 Å². The van der Waals surface area contributed by atoms with Crippen LogP contribution in [-0.2, 0) is 0 Å². The van der Waals surface area contributed by atoms with E-state index in [1.807, 2.05) is 48.5 Å². The molecule has 3 aromatic heterocycles. The van der Waals surface area contributed by atoms with Gasteiger partial charge in [0.25, 0.3) is 0 Å². The summed E-state index contributed by atoms with van der Waals surface area (Å²) in [4.78, 5) is 6.77. The molecule has 31 heavy (non-hydrogen) atoms. The molecule has 5 rings (SSSR count). The van der Waals surface area contributed by atoms with Crippen LogP contribution >= 0.6 is 23.6 Å². The summed E-state index contributed by atoms with van der Waals surface area (Å²) >= 11 is 7.06. The van der Waals surface area contributed by atoms with Crippen LogP contribution in [0, 0.1) is 5.82 Å². The van der Waals surface area contributed by atoms with Crippen molar-refractivity contribution in [3.8, 4) is 22.6 Å². The Bertz CT molecular complexity index is 1380. The number of anilines is 2. The fraction of sp³-hybridized carbons (Fsp3) is 0. The number of aromatic nitrogens is 1. The fourth-order valence-electron chi connectivity index (χ4n) is 3.41. The minimum atomic E-state index is -0.299. The van der Waals surface area contributed by atoms with Crippen molar-refractivity contribution in [2.75, 3.05) is 11.1 Å². The van der Waals surface area contributed by atoms with Crippen molar-refractivity contribution in [1.29, 1.82) is 0 Å². The Morgan fingerprint density at radius 3 is 2.52 bits per heavy atom. The van der Waals surface area contributed by atoms with Crippen LogP contribution in [0.3, 0.4) is 0 Å². The normalized spacial score (nSPS) is 11.0. The van der Waals surface area contributed by atoms with Gasteiger partial charge in [-0.25, -0.2) is 9.37 Å². The highest BCUT2D eigenvalue weighted by Gasteiger charge is 2.20. The van der Waals surface area contributed by atoms with Crippen LogP contribution in [-0.4, -0.2) is 9.97 Å². The molecule has 0 fully saturated rings. The molecule has 0 aliphatic heterocycles. The van der Waals surface area contributed by atoms with Crippen molar-refractivity contribution in [2.24, 2.45) is 0 Å². The summed E-state index contributed by atoms with van der Waals surface area (Å²) in [5, 5.41) is 4.03. The largest absolute Gasteiger partial charge is 0.463 e. The molecule has 0 aliphatic rings. The molecule has 0 spiro atoms. The minimum Gasteiger partial charge on any atom is -0.463 e. The number of thiophene rings is 1. The second-order valence-electron chi connectivity index (χ2n) is 6.88. The number of nitrogens with two attached hydrogens (primary N) is 1. The summed E-state index contributed by atoms with van der Waals surface area (Å²) in [5.74, 6) is 0.344. The van der Waals surface area contributed by atoms with Crippen LogP contribution in [0.1, 0.15) is 4.88 Å². The van der Waals surface area contributed by atoms with Gasteiger partial charge in [0.2, 0.25) is 0 Å². The van der Waals surface area contributed by atoms with Crippen LogP contribution < -0.4 is 11.1 Å². The number of hydrogen-bond donors (Lipinski definition) is 2. The van der Waals surface area contributed by atoms with Crippen molar-refractivity contribution in [3.05, 3.63) is 89.8 Å². The van der Waals surface area contributed by atoms with Gasteiger partial charge in [-0.05, 0) is 53.6 Å². The topological polar surface area (TPSA) is 64.1 Å². The van der Waals surface area contributed by atoms with E-state index in [1.165, 1.54) is 23.5 Å². The van der Waals surface area contributed by atoms with E-state index in [2.05, 4.69) is 5.32 Å². The van der Waals surface area contributed by atoms with Crippen molar-refractivity contribution in [2.45, 2.75) is 0 Å². The molecule has 0 saturated carbocycles. The summed E-state index contributed by atoms with van der Waals surface area (Å²) in [6.45, 7) is 0. The molecular weight excluding hydrogens is 429 g/mol. The van der Waals surface area contributed by atoms with Crippen LogP contribution in [0.5, 0.6) is 0 Å². The zero-order valence-corrected chi connectivity index (χ0v) is 17.8. The molecular formula is C24H16FN3OS2. The van der Waals surface area contributed by atoms with Crippen LogP contribution in [0.25, 0.3) is 32.8 Å². The van der Waals surface area contributed by atoms with Gasteiger partial charge < -0.3 is 15.5 Å². The van der Waals surface area contributed by atoms with Crippen LogP contribution in [0.15, 0.2) is 83.5 Å². The Morgan fingerprint density at radius 2 is 1.81 bits per heavy atom. The van der Waals surface area contributed by atoms with E-state index >= 15 is 0 Å². The summed E-state index contributed by atoms with van der Waals surface area (Å²) in [6, 6.07) is 21.6. The Labute approximate surface area is 187 Å². The molecule has 152 valence electrons. The van der Waals surface area contributed by atoms with Crippen molar-refractivity contribution < 1.29 is 8.81 Å². The molecule has 2 aromatic carbocycles. The Balaban J connectivity index is 1.68. The number of thiocarbonyl (C=S) groups is 1. The highest BCUT2D eigenvalue weighted by Crippen LogP contribution is 2.41. The molecule has 7 heteroatoms. The third-order valence-corrected chi connectivity index (χ3v) is 6.42. The van der Waals surface area contributed by atoms with Gasteiger partial charge in [0.05, 0.1) is 16.8 Å². The van der Waals surface area contributed by atoms with Gasteiger partial charge in [-0.2, -0.15) is 0 Å². The van der Waals surface area contributed by atoms with Gasteiger partial charge in [0, 0.05) is 11.1 Å². The lowest BCUT2D eigenvalue weighted by Crippen LogP contribution is -2.10. The van der Waals surface area contributed by atoms with Gasteiger partial charge in [-0.15, -0.1) is 11.3 Å². The van der Waals surface area contributed by atoms with Gasteiger partial charge >= 0.3 is 0 Å². The highest BCUT2D eigenvalue weighted by molar-refractivity contribution is 7.81. The maximum absolute atomic E-state index is 13.5. The first kappa shape index (κ1) is 19.4. The monoisotopic (exact) mass is 445 g/mol. The lowest BCUT2D eigenvalue weighted by molar-refractivity contribution is 0.580. The molecule has 0 bridgehead atoms. The Morgan fingerprint density at radius 1 is 1.03 bits per heavy atom. The molecule has 3 N–H and O–H groups in total. The standard InChI is InChI=1S/C24H16FN3OS2/c25-15-10-8-14(9-11-15)17-13-18(19-7-4-12-29-19)28-24-20(17)21(26)22(31-24)23(30)27-16-5-2-1-3-6-16/h1-13H,26H2,(H,27,30). The average molecular weight is 446 g/mol. The predicted octanol–water partition coefficient (Wildman–Crippen LogP) is 6.73. The molecule has 0 saturated heterocycles. The van der Waals surface area contributed by atoms with Gasteiger partial charge in [-0.1, -0.05) is 42.5 Å². The fourth-order valence-corrected chi connectivity index (χ4v) is 4.77. The summed E-state index contributed by atoms with van der Waals surface area (Å²) in [7, 11) is 0. The summed E-state index contributed by atoms with van der Waals surface area (Å²) in [5.41, 5.74) is 10.4. The van der Waals surface area contributed by atoms with E-state index in [4.69, 9.17) is 27.4 Å². The number of furan rings is 1. The number of hydrogen-bond acceptors (Lipinski definition) is 5. The lowest BCUT2D eigenvalue weighted by atomic mass is 10.0. The van der Waals surface area contributed by atoms with Crippen molar-refractivity contribution >= 4 is 50.1 Å². The Hall–Kier alpha value is -3.55. The predicted molar refractivity (Wildman–Crippen MR) is 129 cm³/mol. The van der Waals surface area contributed by atoms with E-state index < -0.39 is 0 Å². The summed E-state index contributed by atoms with van der Waals surface area (Å²) in [6.07, 6.45) is 1.60. The zero-order valence-electron chi connectivity index (χ0n) is 16.1. The first-order chi connectivity index (χ1) is 15.1. The van der Waals surface area contributed by atoms with E-state index in [9.17, 15) is 4.39 Å². The molecule has 0 atom stereocenters. The average Bonchev–Trinajstić information content (AvgIpc) is 3.43. The molecule has 5 aromatic rings. The van der Waals surface area contributed by atoms with E-state index in [-0.39, 0.29) is 5.82 Å². The van der Waals surface area contributed by atoms with Gasteiger partial charge in [0.15, 0.2) is 5.76 Å². The SMILES string of the molecule is Nc1c(C(=S)Nc2ccccc2)sc2nc(-c3ccco3)cc(-c3ccc(F)cc3)c12. The number of rotatable bonds is 4. The molecule has 0 amide bonds. The van der Waals surface area contributed by atoms with Crippen LogP contribution in [0.2, 0.25) is 0 Å². The zero-order chi connectivity index (χ0) is 21.4. The molecule has 0 unspecified atom stereocenters. The second-order valence-corrected chi connectivity index (χ2v) is 8.29. The summed E-state index contributed by atoms with van der Waals surface area (Å²) < 4.78 is 19.1. The van der Waals surface area contributed by atoms with Crippen LogP contribution in [0.4, 0.5) is 15.8 Å². The third-order valence-electron chi connectivity index (χ3n) is 4.87. The number of nitrogen functional groups attached to an aromatic ring is 1. The second kappa shape index (κ2) is 7.94. The number of nitrogens with zero attached hydrogens (tertiary/aromatic N) is 1. The maximum atomic E-state index is 13.5. The third kappa shape index (κ3) is 3.69. The first-order valence-electron chi connectivity index (χ1n) is 9.49. The van der Waals surface area contributed by atoms with E-state index in [0.717, 1.165) is 31.9 Å². The first-order valence-corrected chi connectivity index (χ1v) is 10.7. The minimum absolute atomic E-state index is 0.299. The maximum Gasteiger partial charge on any atom is 0.152 e. The van der Waals surface area contributed by atoms with Crippen molar-refractivity contribution in [3.63, 3.8) is 0 Å². The van der Waals surface area contributed by atoms with Gasteiger partial charge in [-0.3, -0.25) is 0 Å². The number of para-hydroxylation sites is 1. The molecule has 0 aliphatic carbocycles. The molecule has 3 heterocycles. The van der Waals surface area contributed by atoms with Gasteiger partial charge in [0.1, 0.15) is 21.3 Å². The number of fused-ring (bicyclic) bond motifs is 1. The number of halogens is 1. The Kier molecular flexibility index (Phi) is 4.97. The highest BCUT2D eigenvalue weighted by atomic mass is 32.1. The lowest BCUT2D eigenvalue weighted by Gasteiger charge is -2.08. The molecule has 4 nitrogen and oxygen atoms in total. The quantitative estimate of drug-likeness (QED) is 0.300. The molecule has 0 radical (unpaired) electrons. The number of pyridine rings is 1. The number of nitrogens with one attached hydrogen (secondary N) is 1. The smallest absolute Gasteiger partial charge is 0.152 e. The van der Waals surface area contributed by atoms with Crippen molar-refractivity contribution in [1.82, 2.24) is 4.98 Å².